The third kappa shape index (κ3) is 10.2. The molecule has 0 aromatic rings. The highest BCUT2D eigenvalue weighted by Crippen LogP contribution is 2.59. The van der Waals surface area contributed by atoms with E-state index in [0.29, 0.717) is 44.4 Å². The zero-order valence-electron chi connectivity index (χ0n) is 46.9. The first-order chi connectivity index (χ1) is 38.0. The van der Waals surface area contributed by atoms with Gasteiger partial charge in [-0.15, -0.1) is 0 Å². The quantitative estimate of drug-likeness (QED) is 0.185. The molecule has 1 aliphatic carbocycles. The van der Waals surface area contributed by atoms with E-state index in [-0.39, 0.29) is 159 Å². The lowest BCUT2D eigenvalue weighted by Crippen LogP contribution is -2.61. The van der Waals surface area contributed by atoms with Crippen LogP contribution in [0, 0.1) is 35.5 Å². The van der Waals surface area contributed by atoms with Gasteiger partial charge in [-0.3, -0.25) is 4.79 Å². The molecular formula is C61H90O18. The third-order valence-corrected chi connectivity index (χ3v) is 22.2. The lowest BCUT2D eigenvalue weighted by molar-refractivity contribution is -0.283. The Morgan fingerprint density at radius 1 is 0.620 bits per heavy atom. The summed E-state index contributed by atoms with van der Waals surface area (Å²) in [6, 6.07) is 0. The molecule has 4 N–H and O–H groups in total. The molecule has 15 aliphatic rings. The Morgan fingerprint density at radius 3 is 2.20 bits per heavy atom. The van der Waals surface area contributed by atoms with Gasteiger partial charge in [-0.05, 0) is 99.0 Å². The average molecular weight is 1110 g/mol. The molecule has 0 amide bonds. The molecule has 8 unspecified atom stereocenters. The van der Waals surface area contributed by atoms with Gasteiger partial charge in [0.25, 0.3) is 0 Å². The fourth-order valence-electron chi connectivity index (χ4n) is 18.2. The second kappa shape index (κ2) is 21.4. The van der Waals surface area contributed by atoms with Crippen molar-refractivity contribution >= 4 is 5.97 Å². The highest BCUT2D eigenvalue weighted by atomic mass is 16.8. The van der Waals surface area contributed by atoms with E-state index in [0.717, 1.165) is 75.4 Å². The van der Waals surface area contributed by atoms with Crippen LogP contribution in [0.1, 0.15) is 150 Å². The number of aliphatic hydroxyl groups excluding tert-OH is 4. The largest absolute Gasteiger partial charge is 0.459 e. The van der Waals surface area contributed by atoms with Crippen molar-refractivity contribution in [3.05, 3.63) is 24.3 Å². The van der Waals surface area contributed by atoms with Crippen molar-refractivity contribution in [1.29, 1.82) is 0 Å². The highest BCUT2D eigenvalue weighted by molar-refractivity contribution is 5.70. The molecule has 15 rings (SSSR count). The van der Waals surface area contributed by atoms with Crippen LogP contribution in [0.2, 0.25) is 0 Å². The highest BCUT2D eigenvalue weighted by Gasteiger charge is 2.68. The maximum atomic E-state index is 14.6. The van der Waals surface area contributed by atoms with Gasteiger partial charge in [0, 0.05) is 63.2 Å². The Hall–Kier alpha value is -1.69. The normalized spacial score (nSPS) is 55.0. The summed E-state index contributed by atoms with van der Waals surface area (Å²) >= 11 is 0. The molecule has 12 bridgehead atoms. The van der Waals surface area contributed by atoms with Gasteiger partial charge < -0.3 is 82.0 Å². The predicted octanol–water partition coefficient (Wildman–Crippen LogP) is 5.43. The van der Waals surface area contributed by atoms with E-state index in [1.54, 1.807) is 0 Å². The Labute approximate surface area is 465 Å². The van der Waals surface area contributed by atoms with E-state index < -0.39 is 60.9 Å². The first-order valence-corrected chi connectivity index (χ1v) is 31.1. The van der Waals surface area contributed by atoms with Gasteiger partial charge in [-0.1, -0.05) is 40.9 Å². The summed E-state index contributed by atoms with van der Waals surface area (Å²) in [4.78, 5) is 14.6. The molecule has 1 saturated carbocycles. The summed E-state index contributed by atoms with van der Waals surface area (Å²) < 4.78 is 89.8. The summed E-state index contributed by atoms with van der Waals surface area (Å²) in [6.07, 6.45) is 4.43. The molecule has 0 aromatic carbocycles. The number of rotatable bonds is 7. The monoisotopic (exact) mass is 1110 g/mol. The number of carbonyl (C=O) groups excluding carboxylic acids is 1. The van der Waals surface area contributed by atoms with E-state index in [1.807, 2.05) is 0 Å². The molecule has 2 spiro atoms. The lowest BCUT2D eigenvalue weighted by atomic mass is 9.70. The zero-order valence-corrected chi connectivity index (χ0v) is 46.9. The number of carbonyl (C=O) groups is 1. The van der Waals surface area contributed by atoms with Gasteiger partial charge in [0.05, 0.1) is 147 Å². The number of esters is 1. The standard InChI is InChI=1S/C61H90O18/c1-27-13-35-9-10-42-28(2)14-37(67-42)11-12-60-24-50-57(78-60)39-17-33-7-8-36(70-56(33)59(79-60)58(39)74-50)19-51(66)75-55-32(6)54-47(71-46(55)21-43(68-35)31(27)5)22-45-48(73-54)23-61(76-45)25-49-53(77-61)30(4)16-38(69-49)15-29(3)52-41(65)20-44(72-52)40(64)18-34(63)26-62/h27,29-30,32-50,52-59,62-65H,2,5,7-26H2,1,3-4,6H3/t27-,29+,30+,32+,33-,34?,35+,36-,37+,38-,39+,40?,41?,42?,43-,44+,45-,46?,47+,48-,49?,50+,52?,53?,54+,55-,56+,57+,58-,59+,60+,61+/m1/s1. The maximum absolute atomic E-state index is 14.6. The Balaban J connectivity index is 0.668. The maximum Gasteiger partial charge on any atom is 0.308 e. The Morgan fingerprint density at radius 2 is 1.35 bits per heavy atom. The summed E-state index contributed by atoms with van der Waals surface area (Å²) in [5, 5.41) is 40.9. The van der Waals surface area contributed by atoms with E-state index in [2.05, 4.69) is 40.9 Å². The van der Waals surface area contributed by atoms with Gasteiger partial charge in [0.1, 0.15) is 12.2 Å². The van der Waals surface area contributed by atoms with Crippen LogP contribution in [0.5, 0.6) is 0 Å². The van der Waals surface area contributed by atoms with Crippen LogP contribution < -0.4 is 0 Å². The SMILES string of the molecule is C=C1C[C@@H]2CC[C@@]34C[C@@H]5O[C@@H]6[C@@H](C[C@H]7CC[C@H](CC(=O)O[C@H]8C(C[C@H]9O[C@@H](CCC1O2)C[C@@H](C)C9=C)O[C@H]1C[C@H]2O[C@@]9(CC%10O[C@H](C[C@H](C)C%11O[C@H](C(O)CC(O)CO)CC%11O)C[C@H](C)C%10O9)C[C@H]2O[C@H]1[C@@H]8C)O[C@@H]7[C@@H]6O3)[C@@H]5O4. The van der Waals surface area contributed by atoms with Crippen molar-refractivity contribution in [2.24, 2.45) is 35.5 Å². The fourth-order valence-corrected chi connectivity index (χ4v) is 18.2. The molecule has 442 valence electrons. The van der Waals surface area contributed by atoms with Gasteiger partial charge in [-0.2, -0.15) is 0 Å². The molecule has 14 heterocycles. The molecule has 18 nitrogen and oxygen atoms in total. The van der Waals surface area contributed by atoms with Gasteiger partial charge >= 0.3 is 5.97 Å². The second-order valence-electron chi connectivity index (χ2n) is 27.8. The number of aliphatic hydroxyl groups is 4. The third-order valence-electron chi connectivity index (χ3n) is 22.2. The van der Waals surface area contributed by atoms with Crippen LogP contribution in [0.15, 0.2) is 24.3 Å². The minimum atomic E-state index is -1.05. The molecular weight excluding hydrogens is 1020 g/mol. The molecule has 32 atom stereocenters. The summed E-state index contributed by atoms with van der Waals surface area (Å²) in [6.45, 7) is 17.3. The van der Waals surface area contributed by atoms with Crippen LogP contribution in [-0.2, 0) is 66.4 Å². The molecule has 0 aromatic heterocycles. The van der Waals surface area contributed by atoms with Gasteiger partial charge in [0.2, 0.25) is 0 Å². The summed E-state index contributed by atoms with van der Waals surface area (Å²) in [5.41, 5.74) is 2.18. The smallest absolute Gasteiger partial charge is 0.308 e. The van der Waals surface area contributed by atoms with Crippen molar-refractivity contribution in [3.8, 4) is 0 Å². The van der Waals surface area contributed by atoms with Crippen molar-refractivity contribution in [3.63, 3.8) is 0 Å². The molecule has 14 aliphatic heterocycles. The number of fused-ring (bicyclic) bond motifs is 9. The Kier molecular flexibility index (Phi) is 14.9. The second-order valence-corrected chi connectivity index (χ2v) is 27.8. The minimum absolute atomic E-state index is 0.00850. The molecule has 18 heteroatoms. The van der Waals surface area contributed by atoms with Crippen molar-refractivity contribution < 1.29 is 86.8 Å². The van der Waals surface area contributed by atoms with E-state index >= 15 is 0 Å². The summed E-state index contributed by atoms with van der Waals surface area (Å²) in [7, 11) is 0. The van der Waals surface area contributed by atoms with Gasteiger partial charge in [0.15, 0.2) is 11.6 Å². The van der Waals surface area contributed by atoms with E-state index in [1.165, 1.54) is 0 Å². The van der Waals surface area contributed by atoms with Crippen LogP contribution >= 0.6 is 0 Å². The average Bonchev–Trinajstić information content (AvgIpc) is 4.41. The first-order valence-electron chi connectivity index (χ1n) is 31.1. The van der Waals surface area contributed by atoms with E-state index in [4.69, 9.17) is 61.6 Å². The first kappa shape index (κ1) is 55.2. The zero-order chi connectivity index (χ0) is 54.4. The lowest BCUT2D eigenvalue weighted by Gasteiger charge is -2.50. The van der Waals surface area contributed by atoms with Crippen LogP contribution in [-0.4, -0.2) is 191 Å². The minimum Gasteiger partial charge on any atom is -0.459 e. The molecule has 15 fully saturated rings. The predicted molar refractivity (Wildman–Crippen MR) is 279 cm³/mol. The van der Waals surface area contributed by atoms with Crippen molar-refractivity contribution in [2.45, 2.75) is 308 Å². The van der Waals surface area contributed by atoms with Crippen LogP contribution in [0.4, 0.5) is 0 Å². The van der Waals surface area contributed by atoms with Crippen molar-refractivity contribution in [2.75, 3.05) is 6.61 Å². The van der Waals surface area contributed by atoms with Crippen LogP contribution in [0.25, 0.3) is 0 Å². The molecule has 79 heavy (non-hydrogen) atoms. The molecule has 14 saturated heterocycles. The van der Waals surface area contributed by atoms with E-state index in [9.17, 15) is 25.2 Å². The Bertz CT molecular complexity index is 2270. The van der Waals surface area contributed by atoms with Crippen molar-refractivity contribution in [1.82, 2.24) is 0 Å². The van der Waals surface area contributed by atoms with Gasteiger partial charge in [-0.25, -0.2) is 0 Å². The van der Waals surface area contributed by atoms with Crippen LogP contribution in [0.3, 0.4) is 0 Å². The number of hydrogen-bond donors (Lipinski definition) is 4. The summed E-state index contributed by atoms with van der Waals surface area (Å²) in [5.74, 6) is -1.24. The molecule has 0 radical (unpaired) electrons. The number of ether oxygens (including phenoxy) is 13. The topological polar surface area (TPSA) is 218 Å². The number of hydrogen-bond acceptors (Lipinski definition) is 18. The fraction of sp³-hybridized carbons (Fsp3) is 0.918.